The molecule has 0 radical (unpaired) electrons. The van der Waals surface area contributed by atoms with Crippen molar-refractivity contribution in [2.24, 2.45) is 0 Å². The number of carbonyl (C=O) groups excluding carboxylic acids is 2. The molecule has 0 spiro atoms. The predicted octanol–water partition coefficient (Wildman–Crippen LogP) is 3.92. The standard InChI is InChI=1S/C24H27NO4/c1-28-22-12-6-17(7-13-22)15-25(21-10-11-21)23(26)16-29-24(27)20-9-8-18-4-2-3-5-19(18)14-20/h6-9,12-14,21H,2-5,10-11,15-16H2,1H3. The zero-order valence-corrected chi connectivity index (χ0v) is 16.9. The maximum Gasteiger partial charge on any atom is 0.338 e. The Morgan fingerprint density at radius 2 is 1.72 bits per heavy atom. The fourth-order valence-electron chi connectivity index (χ4n) is 3.89. The molecule has 29 heavy (non-hydrogen) atoms. The molecule has 152 valence electrons. The second-order valence-corrected chi connectivity index (χ2v) is 7.87. The molecular formula is C24H27NO4. The van der Waals surface area contributed by atoms with Crippen molar-refractivity contribution in [2.75, 3.05) is 13.7 Å². The highest BCUT2D eigenvalue weighted by Crippen LogP contribution is 2.29. The second-order valence-electron chi connectivity index (χ2n) is 7.87. The van der Waals surface area contributed by atoms with Crippen molar-refractivity contribution in [3.63, 3.8) is 0 Å². The lowest BCUT2D eigenvalue weighted by molar-refractivity contribution is -0.135. The molecule has 0 aliphatic heterocycles. The summed E-state index contributed by atoms with van der Waals surface area (Å²) in [5.74, 6) is 0.221. The molecule has 0 aromatic heterocycles. The fraction of sp³-hybridized carbons (Fsp3) is 0.417. The summed E-state index contributed by atoms with van der Waals surface area (Å²) in [6.07, 6.45) is 6.45. The molecule has 0 heterocycles. The number of amides is 1. The summed E-state index contributed by atoms with van der Waals surface area (Å²) in [6, 6.07) is 13.7. The second kappa shape index (κ2) is 8.68. The molecule has 1 saturated carbocycles. The Morgan fingerprint density at radius 1 is 1.00 bits per heavy atom. The van der Waals surface area contributed by atoms with Crippen molar-refractivity contribution in [1.82, 2.24) is 4.90 Å². The Labute approximate surface area is 171 Å². The number of benzene rings is 2. The van der Waals surface area contributed by atoms with Gasteiger partial charge in [-0.05, 0) is 79.5 Å². The maximum atomic E-state index is 12.7. The Bertz CT molecular complexity index is 886. The highest BCUT2D eigenvalue weighted by Gasteiger charge is 2.33. The summed E-state index contributed by atoms with van der Waals surface area (Å²) in [7, 11) is 1.63. The van der Waals surface area contributed by atoms with Gasteiger partial charge in [-0.2, -0.15) is 0 Å². The van der Waals surface area contributed by atoms with E-state index in [1.165, 1.54) is 17.5 Å². The number of hydrogen-bond acceptors (Lipinski definition) is 4. The molecule has 2 aromatic carbocycles. The number of aryl methyl sites for hydroxylation is 2. The van der Waals surface area contributed by atoms with E-state index in [4.69, 9.17) is 9.47 Å². The third-order valence-corrected chi connectivity index (χ3v) is 5.73. The smallest absolute Gasteiger partial charge is 0.338 e. The van der Waals surface area contributed by atoms with E-state index in [1.807, 2.05) is 47.4 Å². The largest absolute Gasteiger partial charge is 0.497 e. The van der Waals surface area contributed by atoms with Crippen LogP contribution in [-0.4, -0.2) is 36.5 Å². The molecule has 0 N–H and O–H groups in total. The van der Waals surface area contributed by atoms with E-state index < -0.39 is 5.97 Å². The molecule has 1 fully saturated rings. The Kier molecular flexibility index (Phi) is 5.84. The van der Waals surface area contributed by atoms with E-state index in [-0.39, 0.29) is 18.6 Å². The van der Waals surface area contributed by atoms with E-state index >= 15 is 0 Å². The van der Waals surface area contributed by atoms with Gasteiger partial charge in [-0.25, -0.2) is 4.79 Å². The van der Waals surface area contributed by atoms with Crippen LogP contribution in [-0.2, 0) is 28.9 Å². The lowest BCUT2D eigenvalue weighted by Gasteiger charge is -2.22. The Balaban J connectivity index is 1.36. The first kappa shape index (κ1) is 19.5. The number of methoxy groups -OCH3 is 1. The van der Waals surface area contributed by atoms with Crippen molar-refractivity contribution >= 4 is 11.9 Å². The topological polar surface area (TPSA) is 55.8 Å². The number of fused-ring (bicyclic) bond motifs is 1. The van der Waals surface area contributed by atoms with Gasteiger partial charge >= 0.3 is 5.97 Å². The van der Waals surface area contributed by atoms with Crippen molar-refractivity contribution in [1.29, 1.82) is 0 Å². The molecule has 0 unspecified atom stereocenters. The van der Waals surface area contributed by atoms with Crippen LogP contribution in [0.1, 0.15) is 52.7 Å². The number of ether oxygens (including phenoxy) is 2. The minimum absolute atomic E-state index is 0.144. The van der Waals surface area contributed by atoms with Gasteiger partial charge < -0.3 is 14.4 Å². The SMILES string of the molecule is COc1ccc(CN(C(=O)COC(=O)c2ccc3c(c2)CCCC3)C2CC2)cc1. The summed E-state index contributed by atoms with van der Waals surface area (Å²) in [5, 5.41) is 0. The zero-order valence-electron chi connectivity index (χ0n) is 16.9. The van der Waals surface area contributed by atoms with Crippen molar-refractivity contribution in [3.8, 4) is 5.75 Å². The quantitative estimate of drug-likeness (QED) is 0.669. The van der Waals surface area contributed by atoms with Crippen molar-refractivity contribution in [3.05, 3.63) is 64.7 Å². The number of hydrogen-bond donors (Lipinski definition) is 0. The molecule has 4 rings (SSSR count). The molecule has 0 atom stereocenters. The van der Waals surface area contributed by atoms with Gasteiger partial charge in [0.05, 0.1) is 12.7 Å². The van der Waals surface area contributed by atoms with E-state index in [9.17, 15) is 9.59 Å². The van der Waals surface area contributed by atoms with E-state index in [2.05, 4.69) is 0 Å². The Morgan fingerprint density at radius 3 is 2.41 bits per heavy atom. The fourth-order valence-corrected chi connectivity index (χ4v) is 3.89. The number of nitrogens with zero attached hydrogens (tertiary/aromatic N) is 1. The molecule has 5 heteroatoms. The van der Waals surface area contributed by atoms with Gasteiger partial charge in [0, 0.05) is 12.6 Å². The van der Waals surface area contributed by atoms with Crippen LogP contribution in [0.4, 0.5) is 0 Å². The van der Waals surface area contributed by atoms with Crippen LogP contribution in [0.15, 0.2) is 42.5 Å². The van der Waals surface area contributed by atoms with Gasteiger partial charge in [0.1, 0.15) is 5.75 Å². The van der Waals surface area contributed by atoms with Crippen LogP contribution in [0.2, 0.25) is 0 Å². The normalized spacial score (nSPS) is 15.3. The molecule has 0 saturated heterocycles. The third-order valence-electron chi connectivity index (χ3n) is 5.73. The predicted molar refractivity (Wildman–Crippen MR) is 110 cm³/mol. The van der Waals surface area contributed by atoms with Crippen LogP contribution in [0.3, 0.4) is 0 Å². The van der Waals surface area contributed by atoms with Gasteiger partial charge in [0.2, 0.25) is 0 Å². The molecular weight excluding hydrogens is 366 g/mol. The van der Waals surface area contributed by atoms with Crippen LogP contribution in [0.5, 0.6) is 5.75 Å². The summed E-state index contributed by atoms with van der Waals surface area (Å²) in [4.78, 5) is 27.0. The molecule has 2 aliphatic rings. The first-order chi connectivity index (χ1) is 14.1. The van der Waals surface area contributed by atoms with Crippen molar-refractivity contribution < 1.29 is 19.1 Å². The summed E-state index contributed by atoms with van der Waals surface area (Å²) in [5.41, 5.74) is 4.12. The molecule has 5 nitrogen and oxygen atoms in total. The highest BCUT2D eigenvalue weighted by molar-refractivity contribution is 5.91. The minimum atomic E-state index is -0.424. The first-order valence-electron chi connectivity index (χ1n) is 10.4. The van der Waals surface area contributed by atoms with Gasteiger partial charge in [0.15, 0.2) is 6.61 Å². The average molecular weight is 393 g/mol. The van der Waals surface area contributed by atoms with E-state index in [0.717, 1.165) is 43.4 Å². The third kappa shape index (κ3) is 4.78. The first-order valence-corrected chi connectivity index (χ1v) is 10.4. The van der Waals surface area contributed by atoms with Crippen LogP contribution in [0.25, 0.3) is 0 Å². The summed E-state index contributed by atoms with van der Waals surface area (Å²) >= 11 is 0. The van der Waals surface area contributed by atoms with Gasteiger partial charge in [0.25, 0.3) is 5.91 Å². The molecule has 2 aliphatic carbocycles. The molecule has 0 bridgehead atoms. The van der Waals surface area contributed by atoms with Gasteiger partial charge in [-0.1, -0.05) is 18.2 Å². The minimum Gasteiger partial charge on any atom is -0.497 e. The van der Waals surface area contributed by atoms with Crippen molar-refractivity contribution in [2.45, 2.75) is 51.1 Å². The highest BCUT2D eigenvalue weighted by atomic mass is 16.5. The maximum absolute atomic E-state index is 12.7. The van der Waals surface area contributed by atoms with Gasteiger partial charge in [-0.3, -0.25) is 4.79 Å². The Hall–Kier alpha value is -2.82. The average Bonchev–Trinajstić information content (AvgIpc) is 3.61. The van der Waals surface area contributed by atoms with E-state index in [1.54, 1.807) is 7.11 Å². The zero-order chi connectivity index (χ0) is 20.2. The number of carbonyl (C=O) groups is 2. The summed E-state index contributed by atoms with van der Waals surface area (Å²) in [6.45, 7) is 0.298. The van der Waals surface area contributed by atoms with Crippen LogP contribution >= 0.6 is 0 Å². The monoisotopic (exact) mass is 393 g/mol. The lowest BCUT2D eigenvalue weighted by Crippen LogP contribution is -2.36. The number of rotatable bonds is 7. The van der Waals surface area contributed by atoms with Crippen LogP contribution in [0, 0.1) is 0 Å². The number of esters is 1. The van der Waals surface area contributed by atoms with Gasteiger partial charge in [-0.15, -0.1) is 0 Å². The lowest BCUT2D eigenvalue weighted by atomic mass is 9.90. The van der Waals surface area contributed by atoms with E-state index in [0.29, 0.717) is 12.1 Å². The molecule has 1 amide bonds. The van der Waals surface area contributed by atoms with Crippen LogP contribution < -0.4 is 4.74 Å². The summed E-state index contributed by atoms with van der Waals surface area (Å²) < 4.78 is 10.5. The molecule has 2 aromatic rings.